The van der Waals surface area contributed by atoms with Gasteiger partial charge in [-0.25, -0.2) is 0 Å². The van der Waals surface area contributed by atoms with Crippen molar-refractivity contribution < 1.29 is 18.0 Å². The van der Waals surface area contributed by atoms with Gasteiger partial charge in [0.1, 0.15) is 5.69 Å². The van der Waals surface area contributed by atoms with Crippen LogP contribution in [-0.2, 0) is 0 Å². The van der Waals surface area contributed by atoms with Crippen LogP contribution in [0.1, 0.15) is 48.6 Å². The summed E-state index contributed by atoms with van der Waals surface area (Å²) in [5.74, 6) is -0.227. The van der Waals surface area contributed by atoms with E-state index in [2.05, 4.69) is 21.2 Å². The van der Waals surface area contributed by atoms with Gasteiger partial charge in [0.25, 0.3) is 5.91 Å². The zero-order chi connectivity index (χ0) is 14.8. The first kappa shape index (κ1) is 15.4. The normalized spacial score (nSPS) is 15.4. The smallest absolute Gasteiger partial charge is 0.351 e. The lowest BCUT2D eigenvalue weighted by Gasteiger charge is -2.09. The number of hydrogen-bond acceptors (Lipinski definition) is 1. The van der Waals surface area contributed by atoms with Crippen molar-refractivity contribution in [3.63, 3.8) is 0 Å². The van der Waals surface area contributed by atoms with Crippen LogP contribution < -0.4 is 5.32 Å². The lowest BCUT2D eigenvalue weighted by molar-refractivity contribution is -0.135. The number of hydrogen-bond donors (Lipinski definition) is 1. The lowest BCUT2D eigenvalue weighted by Crippen LogP contribution is -2.26. The summed E-state index contributed by atoms with van der Waals surface area (Å²) >= 11 is 3.34. The highest BCUT2D eigenvalue weighted by atomic mass is 79.9. The van der Waals surface area contributed by atoms with Crippen molar-refractivity contribution in [2.45, 2.75) is 44.3 Å². The molecular weight excluding hydrogens is 337 g/mol. The SMILES string of the molecule is O=C(NCCCCC(F)(F)F)c1cc(Br)cn1C1CC1. The highest BCUT2D eigenvalue weighted by Gasteiger charge is 2.28. The minimum atomic E-state index is -4.12. The van der Waals surface area contributed by atoms with Gasteiger partial charge < -0.3 is 9.88 Å². The Morgan fingerprint density at radius 2 is 2.10 bits per heavy atom. The number of carbonyl (C=O) groups is 1. The van der Waals surface area contributed by atoms with Gasteiger partial charge in [0.15, 0.2) is 0 Å². The van der Waals surface area contributed by atoms with Crippen molar-refractivity contribution in [3.8, 4) is 0 Å². The molecule has 1 saturated carbocycles. The maximum absolute atomic E-state index is 12.0. The Morgan fingerprint density at radius 1 is 1.40 bits per heavy atom. The van der Waals surface area contributed by atoms with Gasteiger partial charge in [-0.1, -0.05) is 0 Å². The Hall–Kier alpha value is -0.980. The zero-order valence-electron chi connectivity index (χ0n) is 10.8. The maximum atomic E-state index is 12.0. The van der Waals surface area contributed by atoms with Gasteiger partial charge in [0, 0.05) is 29.7 Å². The van der Waals surface area contributed by atoms with E-state index >= 15 is 0 Å². The predicted octanol–water partition coefficient (Wildman–Crippen LogP) is 4.05. The third-order valence-corrected chi connectivity index (χ3v) is 3.59. The molecule has 1 heterocycles. The number of halogens is 4. The van der Waals surface area contributed by atoms with Gasteiger partial charge in [-0.15, -0.1) is 0 Å². The van der Waals surface area contributed by atoms with E-state index in [1.807, 2.05) is 10.8 Å². The monoisotopic (exact) mass is 352 g/mol. The number of amides is 1. The number of unbranched alkanes of at least 4 members (excludes halogenated alkanes) is 1. The predicted molar refractivity (Wildman–Crippen MR) is 72.6 cm³/mol. The van der Waals surface area contributed by atoms with Gasteiger partial charge in [-0.2, -0.15) is 13.2 Å². The van der Waals surface area contributed by atoms with E-state index in [1.165, 1.54) is 0 Å². The molecule has 1 N–H and O–H groups in total. The van der Waals surface area contributed by atoms with Gasteiger partial charge in [-0.05, 0) is 47.7 Å². The molecule has 0 saturated heterocycles. The average Bonchev–Trinajstić information content (AvgIpc) is 3.10. The standard InChI is InChI=1S/C13H16BrF3N2O/c14-9-7-11(19(8-9)10-3-4-10)12(20)18-6-2-1-5-13(15,16)17/h7-8,10H,1-6H2,(H,18,20). The number of nitrogens with zero attached hydrogens (tertiary/aromatic N) is 1. The number of nitrogens with one attached hydrogen (secondary N) is 1. The fraction of sp³-hybridized carbons (Fsp3) is 0.615. The Labute approximate surface area is 123 Å². The van der Waals surface area contributed by atoms with E-state index in [1.54, 1.807) is 6.07 Å². The molecule has 1 aliphatic carbocycles. The second-order valence-electron chi connectivity index (χ2n) is 5.01. The van der Waals surface area contributed by atoms with Crippen LogP contribution in [0.2, 0.25) is 0 Å². The molecular formula is C13H16BrF3N2O. The molecule has 1 aromatic rings. The first-order valence-corrected chi connectivity index (χ1v) is 7.38. The Kier molecular flexibility index (Phi) is 4.78. The highest BCUT2D eigenvalue weighted by molar-refractivity contribution is 9.10. The van der Waals surface area contributed by atoms with E-state index < -0.39 is 12.6 Å². The molecule has 1 amide bonds. The molecule has 7 heteroatoms. The van der Waals surface area contributed by atoms with Crippen LogP contribution >= 0.6 is 15.9 Å². The Bertz CT molecular complexity index is 480. The van der Waals surface area contributed by atoms with Gasteiger partial charge >= 0.3 is 6.18 Å². The van der Waals surface area contributed by atoms with Crippen molar-refractivity contribution in [3.05, 3.63) is 22.4 Å². The van der Waals surface area contributed by atoms with Crippen LogP contribution in [0.25, 0.3) is 0 Å². The molecule has 0 unspecified atom stereocenters. The Morgan fingerprint density at radius 3 is 2.70 bits per heavy atom. The van der Waals surface area contributed by atoms with Crippen molar-refractivity contribution in [1.29, 1.82) is 0 Å². The number of aromatic nitrogens is 1. The van der Waals surface area contributed by atoms with Crippen LogP contribution in [0.15, 0.2) is 16.7 Å². The molecule has 3 nitrogen and oxygen atoms in total. The van der Waals surface area contributed by atoms with Crippen LogP contribution in [0.5, 0.6) is 0 Å². The summed E-state index contributed by atoms with van der Waals surface area (Å²) in [5.41, 5.74) is 0.565. The zero-order valence-corrected chi connectivity index (χ0v) is 12.4. The molecule has 0 bridgehead atoms. The van der Waals surface area contributed by atoms with Crippen LogP contribution in [0, 0.1) is 0 Å². The molecule has 0 aliphatic heterocycles. The van der Waals surface area contributed by atoms with E-state index in [0.29, 0.717) is 18.2 Å². The largest absolute Gasteiger partial charge is 0.389 e. The molecule has 2 rings (SSSR count). The van der Waals surface area contributed by atoms with Crippen molar-refractivity contribution in [2.24, 2.45) is 0 Å². The first-order valence-electron chi connectivity index (χ1n) is 6.59. The summed E-state index contributed by atoms with van der Waals surface area (Å²) in [6, 6.07) is 2.12. The van der Waals surface area contributed by atoms with E-state index in [9.17, 15) is 18.0 Å². The van der Waals surface area contributed by atoms with Gasteiger partial charge in [0.2, 0.25) is 0 Å². The summed E-state index contributed by atoms with van der Waals surface area (Å²) in [6.45, 7) is 0.266. The molecule has 0 atom stereocenters. The molecule has 0 spiro atoms. The summed E-state index contributed by atoms with van der Waals surface area (Å²) < 4.78 is 38.7. The maximum Gasteiger partial charge on any atom is 0.389 e. The lowest BCUT2D eigenvalue weighted by atomic mass is 10.2. The molecule has 1 aliphatic rings. The summed E-state index contributed by atoms with van der Waals surface area (Å²) in [6.07, 6.45) is -0.549. The fourth-order valence-electron chi connectivity index (χ4n) is 2.03. The third kappa shape index (κ3) is 4.54. The summed E-state index contributed by atoms with van der Waals surface area (Å²) in [5, 5.41) is 2.67. The van der Waals surface area contributed by atoms with Crippen molar-refractivity contribution >= 4 is 21.8 Å². The number of alkyl halides is 3. The quantitative estimate of drug-likeness (QED) is 0.770. The van der Waals surface area contributed by atoms with Gasteiger partial charge in [0.05, 0.1) is 0 Å². The molecule has 1 fully saturated rings. The van der Waals surface area contributed by atoms with Crippen LogP contribution in [-0.4, -0.2) is 23.2 Å². The molecule has 20 heavy (non-hydrogen) atoms. The van der Waals surface area contributed by atoms with Crippen LogP contribution in [0.4, 0.5) is 13.2 Å². The number of rotatable bonds is 6. The molecule has 0 radical (unpaired) electrons. The highest BCUT2D eigenvalue weighted by Crippen LogP contribution is 2.37. The molecule has 1 aromatic heterocycles. The molecule has 112 valence electrons. The van der Waals surface area contributed by atoms with E-state index in [0.717, 1.165) is 17.3 Å². The minimum absolute atomic E-state index is 0.0388. The first-order chi connectivity index (χ1) is 9.37. The number of carbonyl (C=O) groups excluding carboxylic acids is 1. The van der Waals surface area contributed by atoms with E-state index in [-0.39, 0.29) is 18.9 Å². The minimum Gasteiger partial charge on any atom is -0.351 e. The average molecular weight is 353 g/mol. The second-order valence-corrected chi connectivity index (χ2v) is 5.93. The second kappa shape index (κ2) is 6.20. The fourth-order valence-corrected chi connectivity index (χ4v) is 2.46. The topological polar surface area (TPSA) is 34.0 Å². The van der Waals surface area contributed by atoms with Crippen molar-refractivity contribution in [1.82, 2.24) is 9.88 Å². The van der Waals surface area contributed by atoms with E-state index in [4.69, 9.17) is 0 Å². The van der Waals surface area contributed by atoms with Crippen LogP contribution in [0.3, 0.4) is 0 Å². The van der Waals surface area contributed by atoms with Gasteiger partial charge in [-0.3, -0.25) is 4.79 Å². The summed E-state index contributed by atoms with van der Waals surface area (Å²) in [4.78, 5) is 12.0. The third-order valence-electron chi connectivity index (χ3n) is 3.16. The Balaban J connectivity index is 1.77. The molecule has 0 aromatic carbocycles. The van der Waals surface area contributed by atoms with Crippen molar-refractivity contribution in [2.75, 3.05) is 6.54 Å². The summed E-state index contributed by atoms with van der Waals surface area (Å²) in [7, 11) is 0.